The molecule has 1 aromatic carbocycles. The molecule has 2 aliphatic heterocycles. The average molecular weight is 444 g/mol. The van der Waals surface area contributed by atoms with E-state index in [0.717, 1.165) is 30.8 Å². The smallest absolute Gasteiger partial charge is 0.255 e. The largest absolute Gasteiger partial charge is 0.491 e. The Morgan fingerprint density at radius 3 is 2.58 bits per heavy atom. The van der Waals surface area contributed by atoms with Crippen LogP contribution in [0, 0.1) is 13.8 Å². The van der Waals surface area contributed by atoms with Crippen LogP contribution < -0.4 is 4.74 Å². The number of hydrogen-bond acceptors (Lipinski definition) is 5. The first kappa shape index (κ1) is 22.1. The number of benzene rings is 1. The van der Waals surface area contributed by atoms with E-state index in [1.807, 2.05) is 11.0 Å². The summed E-state index contributed by atoms with van der Waals surface area (Å²) < 4.78 is 5.76. The minimum atomic E-state index is -0.493. The van der Waals surface area contributed by atoms with Gasteiger partial charge >= 0.3 is 0 Å². The van der Waals surface area contributed by atoms with Gasteiger partial charge in [-0.25, -0.2) is 4.98 Å². The van der Waals surface area contributed by atoms with Crippen LogP contribution in [0.1, 0.15) is 53.4 Å². The number of carbonyl (C=O) groups excluding carboxylic acids is 1. The highest BCUT2D eigenvalue weighted by molar-refractivity contribution is 6.29. The van der Waals surface area contributed by atoms with Crippen LogP contribution in [0.4, 0.5) is 0 Å². The summed E-state index contributed by atoms with van der Waals surface area (Å²) in [6.45, 7) is 10.1. The molecule has 6 nitrogen and oxygen atoms in total. The number of nitrogens with zero attached hydrogens (tertiary/aromatic N) is 3. The van der Waals surface area contributed by atoms with Crippen LogP contribution in [0.2, 0.25) is 5.15 Å². The predicted molar refractivity (Wildman–Crippen MR) is 121 cm³/mol. The van der Waals surface area contributed by atoms with E-state index in [9.17, 15) is 9.90 Å². The van der Waals surface area contributed by atoms with Crippen molar-refractivity contribution >= 4 is 17.5 Å². The molecule has 0 unspecified atom stereocenters. The number of aromatic nitrogens is 1. The quantitative estimate of drug-likeness (QED) is 0.688. The Balaban J connectivity index is 1.45. The molecule has 4 atom stereocenters. The summed E-state index contributed by atoms with van der Waals surface area (Å²) in [5.41, 5.74) is 4.21. The standard InChI is InChI=1S/C24H30ClN3O3/c1-14(29)13-31-22-7-6-21(15(2)16(22)3)17(4)27-11-20-9-19(27)12-28(20)24(30)18-5-8-23(25)26-10-18/h5-8,10,14,17,19-20,29H,9,11-13H2,1-4H3/t14-,17+,19-,20-/m1/s1. The maximum absolute atomic E-state index is 12.9. The lowest BCUT2D eigenvalue weighted by atomic mass is 9.96. The first-order valence-corrected chi connectivity index (χ1v) is 11.2. The van der Waals surface area contributed by atoms with Crippen LogP contribution in [-0.4, -0.2) is 63.7 Å². The molecule has 1 aromatic heterocycles. The van der Waals surface area contributed by atoms with Gasteiger partial charge in [0.2, 0.25) is 0 Å². The van der Waals surface area contributed by atoms with Crippen molar-refractivity contribution in [3.8, 4) is 5.75 Å². The highest BCUT2D eigenvalue weighted by atomic mass is 35.5. The summed E-state index contributed by atoms with van der Waals surface area (Å²) in [7, 11) is 0. The Kier molecular flexibility index (Phi) is 6.24. The molecule has 3 heterocycles. The van der Waals surface area contributed by atoms with E-state index in [-0.39, 0.29) is 24.6 Å². The molecule has 2 saturated heterocycles. The molecular formula is C24H30ClN3O3. The fourth-order valence-corrected chi connectivity index (χ4v) is 5.02. The number of amides is 1. The zero-order valence-corrected chi connectivity index (χ0v) is 19.3. The van der Waals surface area contributed by atoms with Crippen molar-refractivity contribution < 1.29 is 14.6 Å². The van der Waals surface area contributed by atoms with Gasteiger partial charge in [0.15, 0.2) is 0 Å². The highest BCUT2D eigenvalue weighted by Gasteiger charge is 2.47. The normalized spacial score (nSPS) is 22.6. The molecule has 2 fully saturated rings. The summed E-state index contributed by atoms with van der Waals surface area (Å²) >= 11 is 5.85. The van der Waals surface area contributed by atoms with Gasteiger partial charge in [-0.15, -0.1) is 0 Å². The van der Waals surface area contributed by atoms with Crippen molar-refractivity contribution in [1.29, 1.82) is 0 Å². The Bertz CT molecular complexity index is 963. The summed E-state index contributed by atoms with van der Waals surface area (Å²) in [6, 6.07) is 8.40. The Morgan fingerprint density at radius 1 is 1.19 bits per heavy atom. The lowest BCUT2D eigenvalue weighted by Gasteiger charge is -2.38. The van der Waals surface area contributed by atoms with E-state index in [0.29, 0.717) is 16.8 Å². The molecule has 0 saturated carbocycles. The Hall–Kier alpha value is -2.15. The van der Waals surface area contributed by atoms with Crippen molar-refractivity contribution in [2.75, 3.05) is 19.7 Å². The number of rotatable bonds is 6. The maximum Gasteiger partial charge on any atom is 0.255 e. The summed E-state index contributed by atoms with van der Waals surface area (Å²) in [4.78, 5) is 21.5. The number of piperazine rings is 1. The molecule has 2 aromatic rings. The second kappa shape index (κ2) is 8.77. The van der Waals surface area contributed by atoms with Gasteiger partial charge in [-0.2, -0.15) is 0 Å². The SMILES string of the molecule is Cc1c(OC[C@@H](C)O)ccc([C@H](C)N2C[C@H]3C[C@@H]2CN3C(=O)c2ccc(Cl)nc2)c1C. The van der Waals surface area contributed by atoms with E-state index >= 15 is 0 Å². The number of halogens is 1. The van der Waals surface area contributed by atoms with E-state index < -0.39 is 6.10 Å². The van der Waals surface area contributed by atoms with Gasteiger partial charge in [0, 0.05) is 37.4 Å². The zero-order valence-electron chi connectivity index (χ0n) is 18.5. The fourth-order valence-electron chi connectivity index (χ4n) is 4.90. The lowest BCUT2D eigenvalue weighted by Crippen LogP contribution is -2.49. The summed E-state index contributed by atoms with van der Waals surface area (Å²) in [5.74, 6) is 0.862. The highest BCUT2D eigenvalue weighted by Crippen LogP contribution is 2.39. The Labute approximate surface area is 188 Å². The van der Waals surface area contributed by atoms with Crippen LogP contribution in [0.15, 0.2) is 30.5 Å². The topological polar surface area (TPSA) is 65.9 Å². The van der Waals surface area contributed by atoms with Crippen molar-refractivity contribution in [1.82, 2.24) is 14.8 Å². The van der Waals surface area contributed by atoms with Crippen LogP contribution in [0.25, 0.3) is 0 Å². The number of aliphatic hydroxyl groups excluding tert-OH is 1. The maximum atomic E-state index is 12.9. The van der Waals surface area contributed by atoms with E-state index in [2.05, 4.69) is 36.7 Å². The van der Waals surface area contributed by atoms with Crippen molar-refractivity contribution in [2.45, 2.75) is 58.3 Å². The number of aliphatic hydroxyl groups is 1. The third kappa shape index (κ3) is 4.29. The first-order chi connectivity index (χ1) is 14.8. The molecule has 1 amide bonds. The molecular weight excluding hydrogens is 414 g/mol. The van der Waals surface area contributed by atoms with E-state index in [1.54, 1.807) is 25.3 Å². The molecule has 0 spiro atoms. The van der Waals surface area contributed by atoms with Gasteiger partial charge in [0.25, 0.3) is 5.91 Å². The predicted octanol–water partition coefficient (Wildman–Crippen LogP) is 3.77. The van der Waals surface area contributed by atoms with Crippen molar-refractivity contribution in [2.24, 2.45) is 0 Å². The molecule has 7 heteroatoms. The molecule has 166 valence electrons. The third-order valence-corrected chi connectivity index (χ3v) is 6.95. The van der Waals surface area contributed by atoms with Gasteiger partial charge < -0.3 is 14.7 Å². The van der Waals surface area contributed by atoms with Crippen molar-refractivity contribution in [3.05, 3.63) is 57.9 Å². The number of pyridine rings is 1. The molecule has 2 bridgehead atoms. The zero-order chi connectivity index (χ0) is 22.3. The van der Waals surface area contributed by atoms with Crippen molar-refractivity contribution in [3.63, 3.8) is 0 Å². The van der Waals surface area contributed by atoms with Crippen LogP contribution >= 0.6 is 11.6 Å². The van der Waals surface area contributed by atoms with Gasteiger partial charge in [-0.3, -0.25) is 9.69 Å². The number of likely N-dealkylation sites (tertiary alicyclic amines) is 2. The number of hydrogen-bond donors (Lipinski definition) is 1. The minimum Gasteiger partial charge on any atom is -0.491 e. The van der Waals surface area contributed by atoms with Gasteiger partial charge in [0.05, 0.1) is 11.7 Å². The minimum absolute atomic E-state index is 0.0376. The van der Waals surface area contributed by atoms with Gasteiger partial charge in [0.1, 0.15) is 17.5 Å². The van der Waals surface area contributed by atoms with E-state index in [4.69, 9.17) is 16.3 Å². The van der Waals surface area contributed by atoms with E-state index in [1.165, 1.54) is 11.1 Å². The van der Waals surface area contributed by atoms with Crippen LogP contribution in [0.3, 0.4) is 0 Å². The molecule has 0 radical (unpaired) electrons. The monoisotopic (exact) mass is 443 g/mol. The fraction of sp³-hybridized carbons (Fsp3) is 0.500. The molecule has 4 rings (SSSR count). The lowest BCUT2D eigenvalue weighted by molar-refractivity contribution is 0.0568. The van der Waals surface area contributed by atoms with Crippen LogP contribution in [-0.2, 0) is 0 Å². The van der Waals surface area contributed by atoms with Gasteiger partial charge in [-0.1, -0.05) is 17.7 Å². The molecule has 31 heavy (non-hydrogen) atoms. The molecule has 1 N–H and O–H groups in total. The number of fused-ring (bicyclic) bond motifs is 2. The average Bonchev–Trinajstić information content (AvgIpc) is 3.35. The third-order valence-electron chi connectivity index (χ3n) is 6.73. The summed E-state index contributed by atoms with van der Waals surface area (Å²) in [6.07, 6.45) is 2.07. The molecule has 2 aliphatic rings. The second-order valence-corrected chi connectivity index (χ2v) is 9.19. The van der Waals surface area contributed by atoms with Crippen LogP contribution in [0.5, 0.6) is 5.75 Å². The summed E-state index contributed by atoms with van der Waals surface area (Å²) in [5, 5.41) is 9.89. The Morgan fingerprint density at radius 2 is 1.97 bits per heavy atom. The first-order valence-electron chi connectivity index (χ1n) is 10.9. The molecule has 0 aliphatic carbocycles. The second-order valence-electron chi connectivity index (χ2n) is 8.81. The number of carbonyl (C=O) groups is 1. The number of ether oxygens (including phenoxy) is 1. The van der Waals surface area contributed by atoms with Gasteiger partial charge in [-0.05, 0) is 69.0 Å².